The SMILES string of the molecule is O=c1[nH]cnn1CC1CCNCC1. The predicted octanol–water partition coefficient (Wildman–Crippen LogP) is -0.429. The molecule has 0 aromatic carbocycles. The summed E-state index contributed by atoms with van der Waals surface area (Å²) in [5.41, 5.74) is -0.0986. The summed E-state index contributed by atoms with van der Waals surface area (Å²) in [5.74, 6) is 0.599. The van der Waals surface area contributed by atoms with Crippen molar-refractivity contribution in [1.82, 2.24) is 20.1 Å². The van der Waals surface area contributed by atoms with E-state index in [0.717, 1.165) is 32.5 Å². The van der Waals surface area contributed by atoms with Gasteiger partial charge in [-0.05, 0) is 31.8 Å². The molecule has 1 aromatic heterocycles. The van der Waals surface area contributed by atoms with Gasteiger partial charge in [0.15, 0.2) is 0 Å². The average molecular weight is 182 g/mol. The number of nitrogens with one attached hydrogen (secondary N) is 2. The quantitative estimate of drug-likeness (QED) is 0.652. The smallest absolute Gasteiger partial charge is 0.317 e. The van der Waals surface area contributed by atoms with Gasteiger partial charge in [0.1, 0.15) is 6.33 Å². The van der Waals surface area contributed by atoms with Crippen LogP contribution < -0.4 is 11.0 Å². The van der Waals surface area contributed by atoms with Crippen LogP contribution in [0.2, 0.25) is 0 Å². The van der Waals surface area contributed by atoms with Crippen LogP contribution in [-0.4, -0.2) is 27.9 Å². The van der Waals surface area contributed by atoms with Crippen LogP contribution in [-0.2, 0) is 6.54 Å². The van der Waals surface area contributed by atoms with Crippen LogP contribution in [0, 0.1) is 5.92 Å². The summed E-state index contributed by atoms with van der Waals surface area (Å²) in [6.45, 7) is 2.87. The number of aromatic amines is 1. The van der Waals surface area contributed by atoms with E-state index in [2.05, 4.69) is 15.4 Å². The van der Waals surface area contributed by atoms with Gasteiger partial charge in [-0.3, -0.25) is 4.98 Å². The minimum absolute atomic E-state index is 0.0986. The molecule has 1 saturated heterocycles. The summed E-state index contributed by atoms with van der Waals surface area (Å²) >= 11 is 0. The molecule has 13 heavy (non-hydrogen) atoms. The summed E-state index contributed by atoms with van der Waals surface area (Å²) < 4.78 is 1.51. The Balaban J connectivity index is 1.97. The van der Waals surface area contributed by atoms with Crippen LogP contribution in [0.25, 0.3) is 0 Å². The number of piperidine rings is 1. The molecule has 1 fully saturated rings. The average Bonchev–Trinajstić information content (AvgIpc) is 2.54. The van der Waals surface area contributed by atoms with Crippen molar-refractivity contribution in [2.45, 2.75) is 19.4 Å². The fraction of sp³-hybridized carbons (Fsp3) is 0.750. The zero-order chi connectivity index (χ0) is 9.10. The molecule has 1 aliphatic heterocycles. The van der Waals surface area contributed by atoms with Gasteiger partial charge in [0, 0.05) is 6.54 Å². The highest BCUT2D eigenvalue weighted by Gasteiger charge is 2.14. The Morgan fingerprint density at radius 3 is 2.92 bits per heavy atom. The fourth-order valence-corrected chi connectivity index (χ4v) is 1.72. The molecule has 0 radical (unpaired) electrons. The van der Waals surface area contributed by atoms with Crippen molar-refractivity contribution in [3.05, 3.63) is 16.8 Å². The molecule has 1 aromatic rings. The van der Waals surface area contributed by atoms with E-state index < -0.39 is 0 Å². The van der Waals surface area contributed by atoms with E-state index in [9.17, 15) is 4.79 Å². The van der Waals surface area contributed by atoms with Crippen molar-refractivity contribution in [2.75, 3.05) is 13.1 Å². The van der Waals surface area contributed by atoms with Gasteiger partial charge < -0.3 is 5.32 Å². The normalized spacial score (nSPS) is 19.1. The van der Waals surface area contributed by atoms with E-state index in [1.165, 1.54) is 11.0 Å². The zero-order valence-corrected chi connectivity index (χ0v) is 7.49. The van der Waals surface area contributed by atoms with E-state index in [0.29, 0.717) is 5.92 Å². The Bertz CT molecular complexity index is 310. The third-order valence-corrected chi connectivity index (χ3v) is 2.51. The highest BCUT2D eigenvalue weighted by atomic mass is 16.1. The first-order chi connectivity index (χ1) is 6.36. The molecule has 2 N–H and O–H groups in total. The molecule has 5 nitrogen and oxygen atoms in total. The lowest BCUT2D eigenvalue weighted by Gasteiger charge is -2.21. The first-order valence-corrected chi connectivity index (χ1v) is 4.67. The molecule has 0 saturated carbocycles. The number of H-pyrrole nitrogens is 1. The number of hydrogen-bond donors (Lipinski definition) is 2. The Kier molecular flexibility index (Phi) is 2.44. The molecule has 0 atom stereocenters. The van der Waals surface area contributed by atoms with Gasteiger partial charge in [-0.15, -0.1) is 0 Å². The van der Waals surface area contributed by atoms with Gasteiger partial charge in [-0.25, -0.2) is 9.48 Å². The van der Waals surface area contributed by atoms with Gasteiger partial charge in [-0.1, -0.05) is 0 Å². The van der Waals surface area contributed by atoms with E-state index in [1.54, 1.807) is 0 Å². The summed E-state index contributed by atoms with van der Waals surface area (Å²) in [6, 6.07) is 0. The Hall–Kier alpha value is -1.10. The lowest BCUT2D eigenvalue weighted by molar-refractivity contribution is 0.317. The highest BCUT2D eigenvalue weighted by Crippen LogP contribution is 2.12. The molecule has 0 unspecified atom stereocenters. The first kappa shape index (κ1) is 8.50. The van der Waals surface area contributed by atoms with E-state index in [-0.39, 0.29) is 5.69 Å². The van der Waals surface area contributed by atoms with Crippen LogP contribution in [0.15, 0.2) is 11.1 Å². The minimum atomic E-state index is -0.0986. The third kappa shape index (κ3) is 1.98. The molecular formula is C8H14N4O. The van der Waals surface area contributed by atoms with Crippen molar-refractivity contribution >= 4 is 0 Å². The molecule has 0 aliphatic carbocycles. The van der Waals surface area contributed by atoms with Crippen LogP contribution >= 0.6 is 0 Å². The molecule has 0 bridgehead atoms. The summed E-state index contributed by atoms with van der Waals surface area (Å²) in [4.78, 5) is 13.7. The van der Waals surface area contributed by atoms with E-state index in [4.69, 9.17) is 0 Å². The van der Waals surface area contributed by atoms with Crippen LogP contribution in [0.1, 0.15) is 12.8 Å². The second kappa shape index (κ2) is 3.74. The van der Waals surface area contributed by atoms with Crippen molar-refractivity contribution in [2.24, 2.45) is 5.92 Å². The summed E-state index contributed by atoms with van der Waals surface area (Å²) in [6.07, 6.45) is 3.72. The van der Waals surface area contributed by atoms with Gasteiger partial charge in [-0.2, -0.15) is 5.10 Å². The number of rotatable bonds is 2. The number of hydrogen-bond acceptors (Lipinski definition) is 3. The highest BCUT2D eigenvalue weighted by molar-refractivity contribution is 4.70. The topological polar surface area (TPSA) is 62.7 Å². The Morgan fingerprint density at radius 1 is 1.54 bits per heavy atom. The maximum Gasteiger partial charge on any atom is 0.343 e. The number of nitrogens with zero attached hydrogens (tertiary/aromatic N) is 2. The van der Waals surface area contributed by atoms with Crippen LogP contribution in [0.3, 0.4) is 0 Å². The summed E-state index contributed by atoms with van der Waals surface area (Å²) in [7, 11) is 0. The third-order valence-electron chi connectivity index (χ3n) is 2.51. The standard InChI is InChI=1S/C8H14N4O/c13-8-10-6-11-12(8)5-7-1-3-9-4-2-7/h6-7,9H,1-5H2,(H,10,11,13). The molecule has 0 amide bonds. The monoisotopic (exact) mass is 182 g/mol. The molecule has 72 valence electrons. The van der Waals surface area contributed by atoms with Crippen molar-refractivity contribution in [3.8, 4) is 0 Å². The summed E-state index contributed by atoms with van der Waals surface area (Å²) in [5, 5.41) is 7.23. The molecule has 5 heteroatoms. The molecule has 2 rings (SSSR count). The predicted molar refractivity (Wildman–Crippen MR) is 48.4 cm³/mol. The van der Waals surface area contributed by atoms with Gasteiger partial charge in [0.05, 0.1) is 0 Å². The minimum Gasteiger partial charge on any atom is -0.317 e. The Labute approximate surface area is 76.2 Å². The molecule has 1 aliphatic rings. The van der Waals surface area contributed by atoms with Crippen LogP contribution in [0.5, 0.6) is 0 Å². The fourth-order valence-electron chi connectivity index (χ4n) is 1.72. The van der Waals surface area contributed by atoms with Crippen molar-refractivity contribution < 1.29 is 0 Å². The second-order valence-electron chi connectivity index (χ2n) is 3.47. The van der Waals surface area contributed by atoms with E-state index >= 15 is 0 Å². The zero-order valence-electron chi connectivity index (χ0n) is 7.49. The van der Waals surface area contributed by atoms with E-state index in [1.807, 2.05) is 0 Å². The number of aromatic nitrogens is 3. The van der Waals surface area contributed by atoms with Gasteiger partial charge in [0.2, 0.25) is 0 Å². The largest absolute Gasteiger partial charge is 0.343 e. The Morgan fingerprint density at radius 2 is 2.31 bits per heavy atom. The van der Waals surface area contributed by atoms with Crippen molar-refractivity contribution in [1.29, 1.82) is 0 Å². The lowest BCUT2D eigenvalue weighted by atomic mass is 9.98. The van der Waals surface area contributed by atoms with Gasteiger partial charge in [0.25, 0.3) is 0 Å². The molecule has 0 spiro atoms. The second-order valence-corrected chi connectivity index (χ2v) is 3.47. The maximum atomic E-state index is 11.1. The maximum absolute atomic E-state index is 11.1. The van der Waals surface area contributed by atoms with Crippen molar-refractivity contribution in [3.63, 3.8) is 0 Å². The van der Waals surface area contributed by atoms with Gasteiger partial charge >= 0.3 is 5.69 Å². The molecule has 2 heterocycles. The lowest BCUT2D eigenvalue weighted by Crippen LogP contribution is -2.32. The first-order valence-electron chi connectivity index (χ1n) is 4.67. The van der Waals surface area contributed by atoms with Crippen LogP contribution in [0.4, 0.5) is 0 Å². The molecular weight excluding hydrogens is 168 g/mol.